The van der Waals surface area contributed by atoms with Gasteiger partial charge in [0.15, 0.2) is 0 Å². The Hall–Kier alpha value is 0.0748. The molecule has 0 aromatic carbocycles. The molecule has 0 amide bonds. The molecule has 58 valence electrons. The molecule has 0 aromatic heterocycles. The van der Waals surface area contributed by atoms with Crippen molar-refractivity contribution >= 4 is 22.1 Å². The molecular weight excluding hydrogens is 135 g/mol. The second-order valence-electron chi connectivity index (χ2n) is 3.12. The number of hydrogen-bond acceptors (Lipinski definition) is 3. The van der Waals surface area contributed by atoms with Crippen LogP contribution in [-0.4, -0.2) is 57.4 Å². The zero-order valence-corrected chi connectivity index (χ0v) is 7.78. The van der Waals surface area contributed by atoms with Crippen molar-refractivity contribution in [1.82, 2.24) is 14.2 Å². The van der Waals surface area contributed by atoms with Gasteiger partial charge in [-0.25, -0.2) is 0 Å². The van der Waals surface area contributed by atoms with Crippen molar-refractivity contribution in [2.45, 2.75) is 13.2 Å². The number of hydrogen-bond donors (Lipinski definition) is 0. The van der Waals surface area contributed by atoms with Gasteiger partial charge in [-0.05, 0) is 27.5 Å². The highest BCUT2D eigenvalue weighted by atomic mass is 15.2. The van der Waals surface area contributed by atoms with E-state index in [-0.39, 0.29) is 0 Å². The van der Waals surface area contributed by atoms with Gasteiger partial charge in [0.05, 0.1) is 0 Å². The fourth-order valence-corrected chi connectivity index (χ4v) is 1.62. The first-order valence-electron chi connectivity index (χ1n) is 4.01. The van der Waals surface area contributed by atoms with Crippen LogP contribution in [0, 0.1) is 0 Å². The van der Waals surface area contributed by atoms with E-state index in [2.05, 4.69) is 50.3 Å². The largest absolute Gasteiger partial charge is 0.367 e. The maximum atomic E-state index is 2.22. The first-order chi connectivity index (χ1) is 5.15. The van der Waals surface area contributed by atoms with Crippen LogP contribution in [-0.2, 0) is 0 Å². The first kappa shape index (κ1) is 9.17. The molecule has 1 rings (SSSR count). The fraction of sp³-hybridized carbons (Fsp3) is 1.00. The van der Waals surface area contributed by atoms with E-state index in [1.807, 2.05) is 7.05 Å². The molecule has 3 nitrogen and oxygen atoms in total. The van der Waals surface area contributed by atoms with Crippen LogP contribution in [0.1, 0.15) is 6.92 Å². The molecule has 1 aliphatic rings. The van der Waals surface area contributed by atoms with Gasteiger partial charge in [-0.15, -0.1) is 0 Å². The Morgan fingerprint density at radius 3 is 1.91 bits per heavy atom. The minimum absolute atomic E-state index is 0.520. The molecule has 0 aliphatic carbocycles. The lowest BCUT2D eigenvalue weighted by molar-refractivity contribution is 0.573. The zero-order valence-electron chi connectivity index (χ0n) is 7.78. The standard InChI is InChI=1S/C5H14B3N3/c1-5-8-10(3)6-9(2)7-11(8)4/h5H2,1-4H3. The maximum absolute atomic E-state index is 2.22. The van der Waals surface area contributed by atoms with Gasteiger partial charge in [0.2, 0.25) is 0 Å². The Bertz CT molecular complexity index is 122. The maximum Gasteiger partial charge on any atom is 0.290 e. The normalized spacial score (nSPS) is 23.1. The van der Waals surface area contributed by atoms with Crippen LogP contribution < -0.4 is 0 Å². The van der Waals surface area contributed by atoms with Gasteiger partial charge in [0, 0.05) is 0 Å². The van der Waals surface area contributed by atoms with Crippen molar-refractivity contribution in [3.63, 3.8) is 0 Å². The van der Waals surface area contributed by atoms with E-state index in [1.165, 1.54) is 0 Å². The zero-order chi connectivity index (χ0) is 8.43. The molecule has 0 N–H and O–H groups in total. The molecule has 1 fully saturated rings. The average molecular weight is 149 g/mol. The lowest BCUT2D eigenvalue weighted by Gasteiger charge is -2.40. The van der Waals surface area contributed by atoms with E-state index in [4.69, 9.17) is 0 Å². The van der Waals surface area contributed by atoms with E-state index in [0.29, 0.717) is 6.98 Å². The highest BCUT2D eigenvalue weighted by molar-refractivity contribution is 6.73. The Labute approximate surface area is 71.4 Å². The lowest BCUT2D eigenvalue weighted by atomic mass is 9.57. The summed E-state index contributed by atoms with van der Waals surface area (Å²) in [5.74, 6) is 0. The van der Waals surface area contributed by atoms with Gasteiger partial charge >= 0.3 is 0 Å². The molecule has 2 radical (unpaired) electrons. The van der Waals surface area contributed by atoms with Crippen LogP contribution >= 0.6 is 0 Å². The second kappa shape index (κ2) is 3.65. The van der Waals surface area contributed by atoms with Gasteiger partial charge in [-0.3, -0.25) is 0 Å². The van der Waals surface area contributed by atoms with Gasteiger partial charge in [-0.2, -0.15) is 0 Å². The third kappa shape index (κ3) is 2.01. The Balaban J connectivity index is 2.52. The van der Waals surface area contributed by atoms with Crippen molar-refractivity contribution < 1.29 is 0 Å². The highest BCUT2D eigenvalue weighted by Gasteiger charge is 2.31. The smallest absolute Gasteiger partial charge is 0.290 e. The fourth-order valence-electron chi connectivity index (χ4n) is 1.62. The molecule has 0 saturated carbocycles. The summed E-state index contributed by atoms with van der Waals surface area (Å²) >= 11 is 0. The average Bonchev–Trinajstić information content (AvgIpc) is 1.85. The summed E-state index contributed by atoms with van der Waals surface area (Å²) in [6.45, 7) is 2.72. The topological polar surface area (TPSA) is 9.72 Å². The quantitative estimate of drug-likeness (QED) is 0.459. The highest BCUT2D eigenvalue weighted by Crippen LogP contribution is 2.05. The van der Waals surface area contributed by atoms with Crippen LogP contribution in [0.25, 0.3) is 0 Å². The molecular formula is C5H14B3N3. The Kier molecular flexibility index (Phi) is 3.04. The van der Waals surface area contributed by atoms with Crippen molar-refractivity contribution in [2.75, 3.05) is 21.1 Å². The molecule has 0 spiro atoms. The molecule has 6 heteroatoms. The summed E-state index contributed by atoms with van der Waals surface area (Å²) in [4.78, 5) is 0. The van der Waals surface area contributed by atoms with Crippen LogP contribution in [0.15, 0.2) is 0 Å². The van der Waals surface area contributed by atoms with Crippen molar-refractivity contribution in [3.8, 4) is 0 Å². The molecule has 0 unspecified atom stereocenters. The van der Waals surface area contributed by atoms with E-state index in [1.54, 1.807) is 0 Å². The van der Waals surface area contributed by atoms with E-state index in [0.717, 1.165) is 6.32 Å². The van der Waals surface area contributed by atoms with E-state index >= 15 is 0 Å². The lowest BCUT2D eigenvalue weighted by Crippen LogP contribution is -2.64. The summed E-state index contributed by atoms with van der Waals surface area (Å²) in [5.41, 5.74) is 0. The summed E-state index contributed by atoms with van der Waals surface area (Å²) in [6.07, 6.45) is 1.15. The first-order valence-corrected chi connectivity index (χ1v) is 4.01. The minimum atomic E-state index is 0.520. The van der Waals surface area contributed by atoms with Crippen LogP contribution in [0.5, 0.6) is 0 Å². The summed E-state index contributed by atoms with van der Waals surface area (Å²) < 4.78 is 6.51. The number of nitrogens with zero attached hydrogens (tertiary/aromatic N) is 3. The molecule has 11 heavy (non-hydrogen) atoms. The van der Waals surface area contributed by atoms with Gasteiger partial charge in [-0.1, -0.05) is 6.92 Å². The summed E-state index contributed by atoms with van der Waals surface area (Å²) in [5, 5.41) is 0. The van der Waals surface area contributed by atoms with Gasteiger partial charge < -0.3 is 14.2 Å². The van der Waals surface area contributed by atoms with Gasteiger partial charge in [0.1, 0.15) is 0 Å². The van der Waals surface area contributed by atoms with Crippen LogP contribution in [0.3, 0.4) is 0 Å². The molecule has 1 heterocycles. The Morgan fingerprint density at radius 1 is 1.09 bits per heavy atom. The summed E-state index contributed by atoms with van der Waals surface area (Å²) in [7, 11) is 10.5. The van der Waals surface area contributed by atoms with Crippen molar-refractivity contribution in [2.24, 2.45) is 0 Å². The Morgan fingerprint density at radius 2 is 1.55 bits per heavy atom. The van der Waals surface area contributed by atoms with Crippen molar-refractivity contribution in [3.05, 3.63) is 0 Å². The molecule has 1 saturated heterocycles. The van der Waals surface area contributed by atoms with Crippen molar-refractivity contribution in [1.29, 1.82) is 0 Å². The third-order valence-electron chi connectivity index (χ3n) is 2.03. The molecule has 0 aromatic rings. The number of rotatable bonds is 1. The van der Waals surface area contributed by atoms with Crippen LogP contribution in [0.4, 0.5) is 0 Å². The predicted octanol–water partition coefficient (Wildman–Crippen LogP) is -0.628. The van der Waals surface area contributed by atoms with Crippen LogP contribution in [0.2, 0.25) is 6.32 Å². The summed E-state index contributed by atoms with van der Waals surface area (Å²) in [6, 6.07) is 0. The molecule has 0 atom stereocenters. The molecule has 0 bridgehead atoms. The van der Waals surface area contributed by atoms with Gasteiger partial charge in [0.25, 0.3) is 22.1 Å². The predicted molar refractivity (Wildman–Crippen MR) is 51.0 cm³/mol. The second-order valence-corrected chi connectivity index (χ2v) is 3.12. The SMILES string of the molecule is CCB1N(C)[B]N(C)[B]N1C. The minimum Gasteiger partial charge on any atom is -0.367 e. The van der Waals surface area contributed by atoms with E-state index in [9.17, 15) is 0 Å². The third-order valence-corrected chi connectivity index (χ3v) is 2.03. The van der Waals surface area contributed by atoms with E-state index < -0.39 is 0 Å². The monoisotopic (exact) mass is 149 g/mol. The molecule has 1 aliphatic heterocycles.